The fourth-order valence-electron chi connectivity index (χ4n) is 1.87. The first-order chi connectivity index (χ1) is 11.8. The van der Waals surface area contributed by atoms with Crippen LogP contribution in [0.4, 0.5) is 5.69 Å². The van der Waals surface area contributed by atoms with Gasteiger partial charge in [-0.3, -0.25) is 9.59 Å². The SMILES string of the molecule is CC(=O)c1ccc(NC(=O)[C@H](C)OC(=O)/C=C/c2ccc(I)o2)cc1. The Labute approximate surface area is 158 Å². The van der Waals surface area contributed by atoms with Crippen molar-refractivity contribution < 1.29 is 23.5 Å². The predicted molar refractivity (Wildman–Crippen MR) is 101 cm³/mol. The second-order valence-electron chi connectivity index (χ2n) is 5.18. The van der Waals surface area contributed by atoms with E-state index < -0.39 is 18.0 Å². The van der Waals surface area contributed by atoms with Gasteiger partial charge in [-0.1, -0.05) is 0 Å². The number of ether oxygens (including phenoxy) is 1. The number of hydrogen-bond acceptors (Lipinski definition) is 5. The zero-order valence-corrected chi connectivity index (χ0v) is 15.8. The highest BCUT2D eigenvalue weighted by Gasteiger charge is 2.16. The number of ketones is 1. The topological polar surface area (TPSA) is 85.6 Å². The summed E-state index contributed by atoms with van der Waals surface area (Å²) in [6, 6.07) is 9.93. The van der Waals surface area contributed by atoms with Gasteiger partial charge in [-0.05, 0) is 78.9 Å². The Morgan fingerprint density at radius 3 is 2.40 bits per heavy atom. The summed E-state index contributed by atoms with van der Waals surface area (Å²) >= 11 is 2.01. The van der Waals surface area contributed by atoms with E-state index in [2.05, 4.69) is 5.32 Å². The Bertz CT molecular complexity index is 807. The Hall–Kier alpha value is -2.42. The first-order valence-corrected chi connectivity index (χ1v) is 8.49. The molecule has 1 N–H and O–H groups in total. The third-order valence-corrected chi connectivity index (χ3v) is 3.78. The molecule has 1 aromatic carbocycles. The van der Waals surface area contributed by atoms with Crippen LogP contribution in [-0.2, 0) is 14.3 Å². The van der Waals surface area contributed by atoms with Gasteiger partial charge in [-0.2, -0.15) is 0 Å². The minimum absolute atomic E-state index is 0.0572. The molecule has 2 rings (SSSR count). The Kier molecular flexibility index (Phi) is 6.51. The van der Waals surface area contributed by atoms with E-state index in [1.54, 1.807) is 36.4 Å². The summed E-state index contributed by atoms with van der Waals surface area (Å²) in [5, 5.41) is 2.62. The molecular weight excluding hydrogens is 437 g/mol. The summed E-state index contributed by atoms with van der Waals surface area (Å²) < 4.78 is 11.0. The van der Waals surface area contributed by atoms with Crippen molar-refractivity contribution in [3.8, 4) is 0 Å². The molecule has 0 bridgehead atoms. The van der Waals surface area contributed by atoms with Gasteiger partial charge in [0.15, 0.2) is 15.7 Å². The smallest absolute Gasteiger partial charge is 0.331 e. The van der Waals surface area contributed by atoms with Gasteiger partial charge in [0.1, 0.15) is 5.76 Å². The monoisotopic (exact) mass is 453 g/mol. The molecule has 1 atom stereocenters. The number of carbonyl (C=O) groups excluding carboxylic acids is 3. The summed E-state index contributed by atoms with van der Waals surface area (Å²) in [7, 11) is 0. The second kappa shape index (κ2) is 8.61. The van der Waals surface area contributed by atoms with Crippen molar-refractivity contribution in [3.05, 3.63) is 57.6 Å². The number of Topliss-reactive ketones (excluding diaryl/α,β-unsaturated/α-hetero) is 1. The highest BCUT2D eigenvalue weighted by molar-refractivity contribution is 14.1. The lowest BCUT2D eigenvalue weighted by atomic mass is 10.1. The van der Waals surface area contributed by atoms with Crippen molar-refractivity contribution in [2.24, 2.45) is 0 Å². The molecule has 0 aliphatic rings. The number of furan rings is 1. The molecule has 6 nitrogen and oxygen atoms in total. The molecule has 0 unspecified atom stereocenters. The molecule has 0 saturated heterocycles. The lowest BCUT2D eigenvalue weighted by Crippen LogP contribution is -2.29. The zero-order valence-electron chi connectivity index (χ0n) is 13.6. The lowest BCUT2D eigenvalue weighted by molar-refractivity contribution is -0.148. The van der Waals surface area contributed by atoms with Crippen LogP contribution in [0.2, 0.25) is 0 Å². The quantitative estimate of drug-likeness (QED) is 0.312. The minimum atomic E-state index is -0.971. The van der Waals surface area contributed by atoms with Gasteiger partial charge in [-0.15, -0.1) is 0 Å². The Balaban J connectivity index is 1.87. The van der Waals surface area contributed by atoms with Crippen LogP contribution in [0.3, 0.4) is 0 Å². The standard InChI is InChI=1S/C18H16INO5/c1-11(21)13-3-5-14(6-4-13)20-18(23)12(2)24-17(22)10-8-15-7-9-16(19)25-15/h3-10,12H,1-2H3,(H,20,23)/b10-8+/t12-/m0/s1. The molecule has 0 spiro atoms. The van der Waals surface area contributed by atoms with Crippen LogP contribution in [0.5, 0.6) is 0 Å². The van der Waals surface area contributed by atoms with E-state index in [4.69, 9.17) is 9.15 Å². The molecule has 0 aliphatic heterocycles. The maximum atomic E-state index is 12.0. The number of amides is 1. The van der Waals surface area contributed by atoms with Crippen molar-refractivity contribution in [1.82, 2.24) is 0 Å². The molecular formula is C18H16INO5. The largest absolute Gasteiger partial charge is 0.451 e. The summed E-state index contributed by atoms with van der Waals surface area (Å²) in [4.78, 5) is 35.0. The van der Waals surface area contributed by atoms with Crippen molar-refractivity contribution in [2.75, 3.05) is 5.32 Å². The fraction of sp³-hybridized carbons (Fsp3) is 0.167. The molecule has 7 heteroatoms. The number of carbonyl (C=O) groups is 3. The summed E-state index contributed by atoms with van der Waals surface area (Å²) in [5.41, 5.74) is 1.06. The average Bonchev–Trinajstić information content (AvgIpc) is 2.99. The van der Waals surface area contributed by atoms with Crippen LogP contribution in [0.25, 0.3) is 6.08 Å². The van der Waals surface area contributed by atoms with Crippen LogP contribution in [0.15, 0.2) is 46.9 Å². The summed E-state index contributed by atoms with van der Waals surface area (Å²) in [6.45, 7) is 2.94. The first-order valence-electron chi connectivity index (χ1n) is 7.41. The number of anilines is 1. The molecule has 2 aromatic rings. The van der Waals surface area contributed by atoms with Gasteiger partial charge in [0.05, 0.1) is 0 Å². The predicted octanol–water partition coefficient (Wildman–Crippen LogP) is 3.67. The summed E-state index contributed by atoms with van der Waals surface area (Å²) in [6.07, 6.45) is 1.69. The van der Waals surface area contributed by atoms with Gasteiger partial charge in [0.2, 0.25) is 0 Å². The fourth-order valence-corrected chi connectivity index (χ4v) is 2.30. The van der Waals surface area contributed by atoms with Crippen LogP contribution in [0.1, 0.15) is 30.0 Å². The normalized spacial score (nSPS) is 12.0. The maximum absolute atomic E-state index is 12.0. The lowest BCUT2D eigenvalue weighted by Gasteiger charge is -2.12. The molecule has 0 saturated carbocycles. The van der Waals surface area contributed by atoms with E-state index in [0.717, 1.165) is 0 Å². The van der Waals surface area contributed by atoms with Gasteiger partial charge in [0.25, 0.3) is 5.91 Å². The van der Waals surface area contributed by atoms with Crippen LogP contribution < -0.4 is 5.32 Å². The number of hydrogen-bond donors (Lipinski definition) is 1. The van der Waals surface area contributed by atoms with Gasteiger partial charge in [0, 0.05) is 17.3 Å². The van der Waals surface area contributed by atoms with E-state index in [9.17, 15) is 14.4 Å². The van der Waals surface area contributed by atoms with E-state index in [1.165, 1.54) is 26.0 Å². The second-order valence-corrected chi connectivity index (χ2v) is 6.24. The first kappa shape index (κ1) is 18.9. The number of halogens is 1. The molecule has 1 amide bonds. The van der Waals surface area contributed by atoms with Crippen molar-refractivity contribution in [2.45, 2.75) is 20.0 Å². The molecule has 1 heterocycles. The highest BCUT2D eigenvalue weighted by Crippen LogP contribution is 2.12. The number of rotatable bonds is 6. The number of benzene rings is 1. The average molecular weight is 453 g/mol. The van der Waals surface area contributed by atoms with Gasteiger partial charge < -0.3 is 14.5 Å². The van der Waals surface area contributed by atoms with Crippen molar-refractivity contribution in [1.29, 1.82) is 0 Å². The molecule has 1 aromatic heterocycles. The van der Waals surface area contributed by atoms with Crippen LogP contribution in [-0.4, -0.2) is 23.8 Å². The molecule has 0 fully saturated rings. The molecule has 25 heavy (non-hydrogen) atoms. The maximum Gasteiger partial charge on any atom is 0.331 e. The van der Waals surface area contributed by atoms with E-state index in [-0.39, 0.29) is 5.78 Å². The third-order valence-electron chi connectivity index (χ3n) is 3.20. The van der Waals surface area contributed by atoms with Gasteiger partial charge >= 0.3 is 5.97 Å². The Morgan fingerprint density at radius 2 is 1.84 bits per heavy atom. The number of nitrogens with one attached hydrogen (secondary N) is 1. The number of esters is 1. The van der Waals surface area contributed by atoms with Crippen molar-refractivity contribution in [3.63, 3.8) is 0 Å². The molecule has 0 radical (unpaired) electrons. The molecule has 130 valence electrons. The molecule has 0 aliphatic carbocycles. The minimum Gasteiger partial charge on any atom is -0.451 e. The highest BCUT2D eigenvalue weighted by atomic mass is 127. The Morgan fingerprint density at radius 1 is 1.16 bits per heavy atom. The third kappa shape index (κ3) is 5.86. The van der Waals surface area contributed by atoms with Crippen LogP contribution in [0, 0.1) is 3.77 Å². The van der Waals surface area contributed by atoms with E-state index in [1.807, 2.05) is 22.6 Å². The van der Waals surface area contributed by atoms with E-state index in [0.29, 0.717) is 20.8 Å². The van der Waals surface area contributed by atoms with E-state index >= 15 is 0 Å². The summed E-state index contributed by atoms with van der Waals surface area (Å²) in [5.74, 6) is -0.659. The zero-order chi connectivity index (χ0) is 18.4. The van der Waals surface area contributed by atoms with Crippen molar-refractivity contribution >= 4 is 52.0 Å². The van der Waals surface area contributed by atoms with Gasteiger partial charge in [-0.25, -0.2) is 4.79 Å². The van der Waals surface area contributed by atoms with Crippen LogP contribution >= 0.6 is 22.6 Å².